The average molecular weight is 287 g/mol. The Labute approximate surface area is 118 Å². The van der Waals surface area contributed by atoms with Gasteiger partial charge in [0.25, 0.3) is 0 Å². The Morgan fingerprint density at radius 1 is 1.16 bits per heavy atom. The van der Waals surface area contributed by atoms with Gasteiger partial charge >= 0.3 is 0 Å². The molecule has 1 saturated heterocycles. The summed E-state index contributed by atoms with van der Waals surface area (Å²) in [5.41, 5.74) is 0.829. The Kier molecular flexibility index (Phi) is 4.55. The summed E-state index contributed by atoms with van der Waals surface area (Å²) in [5.74, 6) is 0.492. The van der Waals surface area contributed by atoms with E-state index in [4.69, 9.17) is 30.5 Å². The van der Waals surface area contributed by atoms with Crippen LogP contribution >= 0.6 is 11.6 Å². The minimum Gasteiger partial charge on any atom is -0.496 e. The zero-order valence-electron chi connectivity index (χ0n) is 11.5. The molecule has 0 atom stereocenters. The van der Waals surface area contributed by atoms with Crippen molar-refractivity contribution in [1.29, 1.82) is 0 Å². The quantitative estimate of drug-likeness (QED) is 0.832. The fourth-order valence-electron chi connectivity index (χ4n) is 2.38. The molecule has 1 aromatic carbocycles. The van der Waals surface area contributed by atoms with Crippen LogP contribution in [0, 0.1) is 0 Å². The molecule has 1 fully saturated rings. The summed E-state index contributed by atoms with van der Waals surface area (Å²) in [6.07, 6.45) is 1.70. The van der Waals surface area contributed by atoms with E-state index >= 15 is 0 Å². The normalized spacial score (nSPS) is 17.5. The zero-order valence-corrected chi connectivity index (χ0v) is 12.3. The summed E-state index contributed by atoms with van der Waals surface area (Å²) >= 11 is 6.12. The van der Waals surface area contributed by atoms with Gasteiger partial charge in [0.1, 0.15) is 11.5 Å². The lowest BCUT2D eigenvalue weighted by Crippen LogP contribution is -2.27. The standard InChI is InChI=1S/C14H19ClO4/c1-4-5-14(18-6-7-19-14)10-8-13(17-3)11(15)9-12(10)16-2/h8-9H,4-7H2,1-3H3. The largest absolute Gasteiger partial charge is 0.496 e. The van der Waals surface area contributed by atoms with E-state index in [1.807, 2.05) is 6.07 Å². The lowest BCUT2D eigenvalue weighted by atomic mass is 9.99. The Bertz CT molecular complexity index is 441. The zero-order chi connectivity index (χ0) is 13.9. The molecule has 1 aliphatic rings. The van der Waals surface area contributed by atoms with Crippen molar-refractivity contribution in [2.45, 2.75) is 25.6 Å². The molecule has 106 valence electrons. The molecule has 5 heteroatoms. The van der Waals surface area contributed by atoms with Crippen molar-refractivity contribution in [1.82, 2.24) is 0 Å². The summed E-state index contributed by atoms with van der Waals surface area (Å²) in [6, 6.07) is 3.57. The van der Waals surface area contributed by atoms with Crippen molar-refractivity contribution >= 4 is 11.6 Å². The van der Waals surface area contributed by atoms with Crippen LogP contribution in [0.5, 0.6) is 11.5 Å². The Hall–Kier alpha value is -0.970. The second-order valence-electron chi connectivity index (χ2n) is 4.39. The number of benzene rings is 1. The van der Waals surface area contributed by atoms with E-state index < -0.39 is 5.79 Å². The van der Waals surface area contributed by atoms with Gasteiger partial charge in [-0.05, 0) is 6.07 Å². The van der Waals surface area contributed by atoms with Crippen molar-refractivity contribution in [3.8, 4) is 11.5 Å². The first-order chi connectivity index (χ1) is 9.16. The third-order valence-electron chi connectivity index (χ3n) is 3.22. The van der Waals surface area contributed by atoms with Crippen LogP contribution in [-0.2, 0) is 15.3 Å². The van der Waals surface area contributed by atoms with Crippen LogP contribution in [0.15, 0.2) is 12.1 Å². The fourth-order valence-corrected chi connectivity index (χ4v) is 2.61. The molecular formula is C14H19ClO4. The smallest absolute Gasteiger partial charge is 0.198 e. The molecule has 0 aromatic heterocycles. The first-order valence-electron chi connectivity index (χ1n) is 6.36. The van der Waals surface area contributed by atoms with Gasteiger partial charge in [-0.3, -0.25) is 0 Å². The molecule has 1 aromatic rings. The highest BCUT2D eigenvalue weighted by Crippen LogP contribution is 2.44. The maximum atomic E-state index is 6.12. The van der Waals surface area contributed by atoms with Crippen LogP contribution < -0.4 is 9.47 Å². The highest BCUT2D eigenvalue weighted by molar-refractivity contribution is 6.32. The first-order valence-corrected chi connectivity index (χ1v) is 6.74. The Balaban J connectivity index is 2.51. The van der Waals surface area contributed by atoms with Crippen molar-refractivity contribution < 1.29 is 18.9 Å². The summed E-state index contributed by atoms with van der Waals surface area (Å²) in [4.78, 5) is 0. The number of methoxy groups -OCH3 is 2. The van der Waals surface area contributed by atoms with Gasteiger partial charge in [-0.25, -0.2) is 0 Å². The molecule has 0 amide bonds. The molecule has 1 aliphatic heterocycles. The predicted octanol–water partition coefficient (Wildman–Crippen LogP) is 3.36. The maximum absolute atomic E-state index is 6.12. The summed E-state index contributed by atoms with van der Waals surface area (Å²) in [5, 5.41) is 0.507. The van der Waals surface area contributed by atoms with Gasteiger partial charge in [0.05, 0.1) is 38.0 Å². The Morgan fingerprint density at radius 3 is 2.32 bits per heavy atom. The van der Waals surface area contributed by atoms with E-state index in [2.05, 4.69) is 6.92 Å². The van der Waals surface area contributed by atoms with Crippen molar-refractivity contribution in [2.75, 3.05) is 27.4 Å². The van der Waals surface area contributed by atoms with Gasteiger partial charge in [0.15, 0.2) is 5.79 Å². The number of rotatable bonds is 5. The average Bonchev–Trinajstić information content (AvgIpc) is 2.88. The molecule has 2 rings (SSSR count). The fraction of sp³-hybridized carbons (Fsp3) is 0.571. The molecule has 19 heavy (non-hydrogen) atoms. The number of hydrogen-bond acceptors (Lipinski definition) is 4. The molecule has 0 aliphatic carbocycles. The lowest BCUT2D eigenvalue weighted by molar-refractivity contribution is -0.171. The molecule has 1 heterocycles. The predicted molar refractivity (Wildman–Crippen MR) is 73.0 cm³/mol. The van der Waals surface area contributed by atoms with E-state index in [-0.39, 0.29) is 0 Å². The molecule has 0 radical (unpaired) electrons. The molecule has 0 spiro atoms. The molecule has 0 saturated carbocycles. The van der Waals surface area contributed by atoms with Gasteiger partial charge in [0.2, 0.25) is 0 Å². The van der Waals surface area contributed by atoms with Crippen LogP contribution in [0.1, 0.15) is 25.3 Å². The lowest BCUT2D eigenvalue weighted by Gasteiger charge is -2.29. The van der Waals surface area contributed by atoms with Crippen LogP contribution in [0.4, 0.5) is 0 Å². The maximum Gasteiger partial charge on any atom is 0.198 e. The van der Waals surface area contributed by atoms with E-state index in [1.165, 1.54) is 0 Å². The summed E-state index contributed by atoms with van der Waals surface area (Å²) < 4.78 is 22.4. The van der Waals surface area contributed by atoms with Crippen LogP contribution in [0.3, 0.4) is 0 Å². The third-order valence-corrected chi connectivity index (χ3v) is 3.51. The van der Waals surface area contributed by atoms with Gasteiger partial charge in [-0.1, -0.05) is 24.9 Å². The third kappa shape index (κ3) is 2.66. The van der Waals surface area contributed by atoms with Crippen molar-refractivity contribution in [3.63, 3.8) is 0 Å². The van der Waals surface area contributed by atoms with E-state index in [1.54, 1.807) is 20.3 Å². The van der Waals surface area contributed by atoms with Crippen LogP contribution in [0.25, 0.3) is 0 Å². The number of hydrogen-bond donors (Lipinski definition) is 0. The van der Waals surface area contributed by atoms with E-state index in [0.717, 1.165) is 18.4 Å². The minimum absolute atomic E-state index is 0.507. The van der Waals surface area contributed by atoms with E-state index in [0.29, 0.717) is 29.7 Å². The first kappa shape index (κ1) is 14.4. The SMILES string of the molecule is CCCC1(c2cc(OC)c(Cl)cc2OC)OCCO1. The number of ether oxygens (including phenoxy) is 4. The monoisotopic (exact) mass is 286 g/mol. The molecule has 0 unspecified atom stereocenters. The summed E-state index contributed by atoms with van der Waals surface area (Å²) in [7, 11) is 3.19. The van der Waals surface area contributed by atoms with Crippen LogP contribution in [0.2, 0.25) is 5.02 Å². The second-order valence-corrected chi connectivity index (χ2v) is 4.79. The minimum atomic E-state index is -0.752. The van der Waals surface area contributed by atoms with Gasteiger partial charge in [-0.2, -0.15) is 0 Å². The van der Waals surface area contributed by atoms with Gasteiger partial charge < -0.3 is 18.9 Å². The molecule has 0 bridgehead atoms. The van der Waals surface area contributed by atoms with Gasteiger partial charge in [-0.15, -0.1) is 0 Å². The molecule has 4 nitrogen and oxygen atoms in total. The van der Waals surface area contributed by atoms with Crippen molar-refractivity contribution in [2.24, 2.45) is 0 Å². The highest BCUT2D eigenvalue weighted by atomic mass is 35.5. The highest BCUT2D eigenvalue weighted by Gasteiger charge is 2.40. The Morgan fingerprint density at radius 2 is 1.79 bits per heavy atom. The second kappa shape index (κ2) is 5.99. The van der Waals surface area contributed by atoms with Gasteiger partial charge in [0, 0.05) is 12.5 Å². The van der Waals surface area contributed by atoms with Crippen LogP contribution in [-0.4, -0.2) is 27.4 Å². The van der Waals surface area contributed by atoms with Crippen molar-refractivity contribution in [3.05, 3.63) is 22.7 Å². The molecule has 0 N–H and O–H groups in total. The topological polar surface area (TPSA) is 36.9 Å². The summed E-state index contributed by atoms with van der Waals surface area (Å²) in [6.45, 7) is 3.24. The molecular weight excluding hydrogens is 268 g/mol. The van der Waals surface area contributed by atoms with E-state index in [9.17, 15) is 0 Å². The number of halogens is 1.